The van der Waals surface area contributed by atoms with E-state index in [1.165, 1.54) is 12.8 Å². The zero-order chi connectivity index (χ0) is 12.5. The molecule has 2 N–H and O–H groups in total. The summed E-state index contributed by atoms with van der Waals surface area (Å²) >= 11 is 0. The minimum Gasteiger partial charge on any atom is -0.351 e. The molecule has 3 rings (SSSR count). The predicted molar refractivity (Wildman–Crippen MR) is 72.5 cm³/mol. The van der Waals surface area contributed by atoms with Crippen LogP contribution in [0.5, 0.6) is 0 Å². The summed E-state index contributed by atoms with van der Waals surface area (Å²) in [4.78, 5) is 11.3. The summed E-state index contributed by atoms with van der Waals surface area (Å²) in [5.41, 5.74) is 8.00. The fraction of sp³-hybridized carbons (Fsp3) is 0.538. The summed E-state index contributed by atoms with van der Waals surface area (Å²) in [6.45, 7) is 1.72. The SMILES string of the molecule is Cn1cnc2c(N3CCCCC3CN)nccc21. The number of anilines is 1. The lowest BCUT2D eigenvalue weighted by Crippen LogP contribution is -2.44. The van der Waals surface area contributed by atoms with E-state index in [2.05, 4.69) is 14.9 Å². The van der Waals surface area contributed by atoms with Gasteiger partial charge in [0.15, 0.2) is 5.82 Å². The van der Waals surface area contributed by atoms with Crippen molar-refractivity contribution < 1.29 is 0 Å². The van der Waals surface area contributed by atoms with E-state index in [4.69, 9.17) is 5.73 Å². The summed E-state index contributed by atoms with van der Waals surface area (Å²) < 4.78 is 2.03. The lowest BCUT2D eigenvalue weighted by Gasteiger charge is -2.36. The van der Waals surface area contributed by atoms with Gasteiger partial charge in [-0.15, -0.1) is 0 Å². The minimum absolute atomic E-state index is 0.402. The Bertz CT molecular complexity index is 547. The number of rotatable bonds is 2. The number of nitrogens with zero attached hydrogens (tertiary/aromatic N) is 4. The van der Waals surface area contributed by atoms with Crippen LogP contribution in [0, 0.1) is 0 Å². The van der Waals surface area contributed by atoms with Gasteiger partial charge in [-0.1, -0.05) is 0 Å². The van der Waals surface area contributed by atoms with Gasteiger partial charge in [-0.25, -0.2) is 9.97 Å². The molecule has 1 saturated heterocycles. The van der Waals surface area contributed by atoms with Crippen molar-refractivity contribution in [2.75, 3.05) is 18.0 Å². The van der Waals surface area contributed by atoms with Crippen LogP contribution in [0.3, 0.4) is 0 Å². The van der Waals surface area contributed by atoms with Crippen molar-refractivity contribution in [2.24, 2.45) is 12.8 Å². The number of imidazole rings is 1. The molecule has 2 aromatic rings. The van der Waals surface area contributed by atoms with Gasteiger partial charge >= 0.3 is 0 Å². The highest BCUT2D eigenvalue weighted by molar-refractivity contribution is 5.86. The molecule has 1 aliphatic rings. The summed E-state index contributed by atoms with van der Waals surface area (Å²) in [6, 6.07) is 2.41. The van der Waals surface area contributed by atoms with Crippen LogP contribution in [-0.4, -0.2) is 33.7 Å². The van der Waals surface area contributed by atoms with E-state index in [0.717, 1.165) is 29.8 Å². The molecular weight excluding hydrogens is 226 g/mol. The molecule has 1 aliphatic heterocycles. The first-order valence-electron chi connectivity index (χ1n) is 6.54. The number of nitrogens with two attached hydrogens (primary N) is 1. The topological polar surface area (TPSA) is 60.0 Å². The van der Waals surface area contributed by atoms with Gasteiger partial charge in [-0.05, 0) is 25.3 Å². The second-order valence-electron chi connectivity index (χ2n) is 4.94. The lowest BCUT2D eigenvalue weighted by molar-refractivity contribution is 0.463. The molecule has 5 heteroatoms. The summed E-state index contributed by atoms with van der Waals surface area (Å²) in [6.07, 6.45) is 7.33. The van der Waals surface area contributed by atoms with Gasteiger partial charge in [-0.2, -0.15) is 0 Å². The van der Waals surface area contributed by atoms with Gasteiger partial charge in [0.25, 0.3) is 0 Å². The van der Waals surface area contributed by atoms with Crippen molar-refractivity contribution in [3.8, 4) is 0 Å². The smallest absolute Gasteiger partial charge is 0.157 e. The van der Waals surface area contributed by atoms with Gasteiger partial charge in [-0.3, -0.25) is 0 Å². The van der Waals surface area contributed by atoms with Crippen molar-refractivity contribution in [2.45, 2.75) is 25.3 Å². The molecule has 3 heterocycles. The number of hydrogen-bond acceptors (Lipinski definition) is 4. The van der Waals surface area contributed by atoms with Gasteiger partial charge < -0.3 is 15.2 Å². The van der Waals surface area contributed by atoms with Crippen LogP contribution in [0.4, 0.5) is 5.82 Å². The molecular formula is C13H19N5. The second-order valence-corrected chi connectivity index (χ2v) is 4.94. The number of hydrogen-bond donors (Lipinski definition) is 1. The number of aromatic nitrogens is 3. The fourth-order valence-corrected chi connectivity index (χ4v) is 2.78. The Balaban J connectivity index is 2.07. The van der Waals surface area contributed by atoms with Crippen LogP contribution < -0.4 is 10.6 Å². The Morgan fingerprint density at radius 3 is 3.11 bits per heavy atom. The van der Waals surface area contributed by atoms with Crippen LogP contribution in [-0.2, 0) is 7.05 Å². The molecule has 0 aliphatic carbocycles. The lowest BCUT2D eigenvalue weighted by atomic mass is 10.0. The fourth-order valence-electron chi connectivity index (χ4n) is 2.78. The van der Waals surface area contributed by atoms with Crippen molar-refractivity contribution in [3.63, 3.8) is 0 Å². The molecule has 0 amide bonds. The highest BCUT2D eigenvalue weighted by Crippen LogP contribution is 2.28. The third-order valence-electron chi connectivity index (χ3n) is 3.79. The zero-order valence-corrected chi connectivity index (χ0v) is 10.7. The van der Waals surface area contributed by atoms with Crippen molar-refractivity contribution in [3.05, 3.63) is 18.6 Å². The van der Waals surface area contributed by atoms with E-state index < -0.39 is 0 Å². The molecule has 0 spiro atoms. The van der Waals surface area contributed by atoms with E-state index in [0.29, 0.717) is 12.6 Å². The molecule has 0 aromatic carbocycles. The molecule has 1 unspecified atom stereocenters. The summed E-state index contributed by atoms with van der Waals surface area (Å²) in [7, 11) is 2.01. The zero-order valence-electron chi connectivity index (χ0n) is 10.7. The summed E-state index contributed by atoms with van der Waals surface area (Å²) in [5, 5.41) is 0. The summed E-state index contributed by atoms with van der Waals surface area (Å²) in [5.74, 6) is 0.989. The van der Waals surface area contributed by atoms with Gasteiger partial charge in [0, 0.05) is 32.4 Å². The number of fused-ring (bicyclic) bond motifs is 1. The second kappa shape index (κ2) is 4.57. The van der Waals surface area contributed by atoms with E-state index in [1.54, 1.807) is 0 Å². The van der Waals surface area contributed by atoms with E-state index in [-0.39, 0.29) is 0 Å². The van der Waals surface area contributed by atoms with Gasteiger partial charge in [0.2, 0.25) is 0 Å². The highest BCUT2D eigenvalue weighted by atomic mass is 15.2. The minimum atomic E-state index is 0.402. The third kappa shape index (κ3) is 1.75. The van der Waals surface area contributed by atoms with E-state index in [1.807, 2.05) is 30.2 Å². The quantitative estimate of drug-likeness (QED) is 0.866. The molecule has 0 saturated carbocycles. The van der Waals surface area contributed by atoms with Crippen molar-refractivity contribution >= 4 is 16.9 Å². The first-order valence-corrected chi connectivity index (χ1v) is 6.54. The molecule has 0 radical (unpaired) electrons. The molecule has 18 heavy (non-hydrogen) atoms. The van der Waals surface area contributed by atoms with Crippen LogP contribution in [0.2, 0.25) is 0 Å². The Morgan fingerprint density at radius 2 is 2.28 bits per heavy atom. The Kier molecular flexibility index (Phi) is 2.91. The number of pyridine rings is 1. The van der Waals surface area contributed by atoms with E-state index in [9.17, 15) is 0 Å². The predicted octanol–water partition coefficient (Wildman–Crippen LogP) is 1.29. The maximum Gasteiger partial charge on any atom is 0.157 e. The molecule has 2 aromatic heterocycles. The Labute approximate surface area is 107 Å². The standard InChI is InChI=1S/C13H19N5/c1-17-9-16-12-11(17)5-6-15-13(12)18-7-3-2-4-10(18)8-14/h5-6,9-10H,2-4,7-8,14H2,1H3. The van der Waals surface area contributed by atoms with Crippen LogP contribution in [0.25, 0.3) is 11.0 Å². The molecule has 5 nitrogen and oxygen atoms in total. The molecule has 1 atom stereocenters. The number of piperidine rings is 1. The largest absolute Gasteiger partial charge is 0.351 e. The Hall–Kier alpha value is -1.62. The maximum atomic E-state index is 5.89. The molecule has 0 bridgehead atoms. The average molecular weight is 245 g/mol. The first kappa shape index (κ1) is 11.5. The first-order chi connectivity index (χ1) is 8.81. The van der Waals surface area contributed by atoms with E-state index >= 15 is 0 Å². The van der Waals surface area contributed by atoms with Crippen LogP contribution in [0.15, 0.2) is 18.6 Å². The van der Waals surface area contributed by atoms with Crippen molar-refractivity contribution in [1.29, 1.82) is 0 Å². The average Bonchev–Trinajstić information content (AvgIpc) is 2.81. The van der Waals surface area contributed by atoms with Crippen molar-refractivity contribution in [1.82, 2.24) is 14.5 Å². The normalized spacial score (nSPS) is 20.6. The highest BCUT2D eigenvalue weighted by Gasteiger charge is 2.24. The molecule has 96 valence electrons. The van der Waals surface area contributed by atoms with Crippen LogP contribution in [0.1, 0.15) is 19.3 Å². The van der Waals surface area contributed by atoms with Crippen LogP contribution >= 0.6 is 0 Å². The van der Waals surface area contributed by atoms with Gasteiger partial charge in [0.05, 0.1) is 11.8 Å². The molecule has 1 fully saturated rings. The maximum absolute atomic E-state index is 5.89. The third-order valence-corrected chi connectivity index (χ3v) is 3.79. The van der Waals surface area contributed by atoms with Gasteiger partial charge in [0.1, 0.15) is 5.52 Å². The monoisotopic (exact) mass is 245 g/mol. The number of aryl methyl sites for hydroxylation is 1. The Morgan fingerprint density at radius 1 is 1.39 bits per heavy atom.